The lowest BCUT2D eigenvalue weighted by molar-refractivity contribution is -0.178. The Morgan fingerprint density at radius 2 is 1.50 bits per heavy atom. The minimum atomic E-state index is -1.56. The molecule has 0 aliphatic heterocycles. The third-order valence-corrected chi connectivity index (χ3v) is 6.46. The first-order valence-corrected chi connectivity index (χ1v) is 8.88. The number of carbonyl (C=O) groups excluding carboxylic acids is 2. The van der Waals surface area contributed by atoms with Crippen LogP contribution < -0.4 is 0 Å². The van der Waals surface area contributed by atoms with Crippen LogP contribution >= 0.6 is 0 Å². The van der Waals surface area contributed by atoms with E-state index in [4.69, 9.17) is 0 Å². The summed E-state index contributed by atoms with van der Waals surface area (Å²) in [5.74, 6) is -1.86. The molecule has 0 radical (unpaired) electrons. The van der Waals surface area contributed by atoms with E-state index in [-0.39, 0.29) is 29.3 Å². The normalized spacial score (nSPS) is 44.8. The Kier molecular flexibility index (Phi) is 3.75. The van der Waals surface area contributed by atoms with Crippen molar-refractivity contribution in [2.24, 2.45) is 35.5 Å². The molecule has 0 aromatic heterocycles. The molecule has 6 atom stereocenters. The van der Waals surface area contributed by atoms with Gasteiger partial charge < -0.3 is 10.2 Å². The fourth-order valence-corrected chi connectivity index (χ4v) is 5.12. The highest BCUT2D eigenvalue weighted by Crippen LogP contribution is 2.59. The van der Waals surface area contributed by atoms with E-state index in [0.717, 1.165) is 11.1 Å². The Labute approximate surface area is 143 Å². The van der Waals surface area contributed by atoms with Crippen molar-refractivity contribution in [2.75, 3.05) is 0 Å². The number of hydrogen-bond acceptors (Lipinski definition) is 4. The molecule has 0 heterocycles. The van der Waals surface area contributed by atoms with E-state index < -0.39 is 29.0 Å². The average molecular weight is 332 g/mol. The molecular weight excluding hydrogens is 304 g/mol. The van der Waals surface area contributed by atoms with E-state index in [0.29, 0.717) is 0 Å². The summed E-state index contributed by atoms with van der Waals surface area (Å²) in [4.78, 5) is 25.6. The van der Waals surface area contributed by atoms with E-state index in [1.807, 2.05) is 19.9 Å². The number of fused-ring (bicyclic) bond motifs is 1. The van der Waals surface area contributed by atoms with Crippen LogP contribution in [0, 0.1) is 35.5 Å². The maximum Gasteiger partial charge on any atom is 0.187 e. The topological polar surface area (TPSA) is 74.6 Å². The number of aliphatic hydroxyl groups is 2. The van der Waals surface area contributed by atoms with Crippen molar-refractivity contribution in [1.82, 2.24) is 0 Å². The summed E-state index contributed by atoms with van der Waals surface area (Å²) in [7, 11) is 0. The summed E-state index contributed by atoms with van der Waals surface area (Å²) in [5, 5.41) is 21.8. The lowest BCUT2D eigenvalue weighted by Crippen LogP contribution is -2.68. The van der Waals surface area contributed by atoms with Crippen molar-refractivity contribution in [2.45, 2.75) is 52.7 Å². The zero-order chi connectivity index (χ0) is 18.2. The molecule has 24 heavy (non-hydrogen) atoms. The molecule has 132 valence electrons. The number of rotatable bonds is 2. The van der Waals surface area contributed by atoms with Gasteiger partial charge in [0.1, 0.15) is 11.2 Å². The number of allylic oxidation sites excluding steroid dienone is 2. The average Bonchev–Trinajstić information content (AvgIpc) is 2.46. The fourth-order valence-electron chi connectivity index (χ4n) is 5.12. The zero-order valence-electron chi connectivity index (χ0n) is 15.3. The monoisotopic (exact) mass is 332 g/mol. The maximum atomic E-state index is 13.1. The summed E-state index contributed by atoms with van der Waals surface area (Å²) in [6.07, 6.45) is 3.51. The molecule has 4 heteroatoms. The van der Waals surface area contributed by atoms with Gasteiger partial charge in [-0.2, -0.15) is 0 Å². The summed E-state index contributed by atoms with van der Waals surface area (Å²) < 4.78 is 0. The highest BCUT2D eigenvalue weighted by Gasteiger charge is 2.66. The van der Waals surface area contributed by atoms with Gasteiger partial charge in [0, 0.05) is 23.7 Å². The van der Waals surface area contributed by atoms with Gasteiger partial charge in [-0.25, -0.2) is 0 Å². The van der Waals surface area contributed by atoms with Crippen LogP contribution in [0.3, 0.4) is 0 Å². The van der Waals surface area contributed by atoms with Gasteiger partial charge in [0.15, 0.2) is 11.6 Å². The standard InChI is InChI=1S/C20H28O4/c1-9(2)11-7-13-17-15(16(11)18(22)19(13,5)23)12(10(3)4)8-14(21)20(17,6)24/h7-10,13,15-17,23-24H,1-6H3/t13?,15-,16?,17-,19+,20-/m0/s1. The molecule has 1 saturated carbocycles. The SMILES string of the molecule is CC(C)C1=CC2[C@H]3[C@@H](C(C(C)C)=CC(=O)[C@]3(C)O)C1C(=O)[C@]2(C)O. The molecule has 4 aliphatic carbocycles. The van der Waals surface area contributed by atoms with Crippen LogP contribution in [-0.4, -0.2) is 33.0 Å². The number of ketones is 2. The number of carbonyl (C=O) groups is 2. The molecule has 0 amide bonds. The van der Waals surface area contributed by atoms with Gasteiger partial charge in [-0.3, -0.25) is 9.59 Å². The van der Waals surface area contributed by atoms with E-state index in [1.165, 1.54) is 13.8 Å². The molecule has 4 aliphatic rings. The van der Waals surface area contributed by atoms with Crippen LogP contribution in [0.15, 0.2) is 23.3 Å². The molecule has 4 nitrogen and oxygen atoms in total. The molecule has 0 saturated heterocycles. The van der Waals surface area contributed by atoms with Crippen molar-refractivity contribution < 1.29 is 19.8 Å². The first kappa shape index (κ1) is 17.6. The Bertz CT molecular complexity index is 663. The first-order chi connectivity index (χ1) is 10.9. The van der Waals surface area contributed by atoms with Gasteiger partial charge in [-0.05, 0) is 31.8 Å². The third kappa shape index (κ3) is 2.05. The second kappa shape index (κ2) is 5.12. The van der Waals surface area contributed by atoms with Gasteiger partial charge in [0.25, 0.3) is 0 Å². The lowest BCUT2D eigenvalue weighted by Gasteiger charge is -2.59. The van der Waals surface area contributed by atoms with Crippen LogP contribution in [0.5, 0.6) is 0 Å². The molecule has 0 spiro atoms. The van der Waals surface area contributed by atoms with Crippen molar-refractivity contribution in [3.05, 3.63) is 23.3 Å². The second-order valence-electron chi connectivity index (χ2n) is 8.70. The second-order valence-corrected chi connectivity index (χ2v) is 8.70. The number of hydrogen-bond donors (Lipinski definition) is 2. The summed E-state index contributed by atoms with van der Waals surface area (Å²) in [5.41, 5.74) is -1.13. The summed E-state index contributed by atoms with van der Waals surface area (Å²) >= 11 is 0. The highest BCUT2D eigenvalue weighted by atomic mass is 16.3. The van der Waals surface area contributed by atoms with E-state index in [9.17, 15) is 19.8 Å². The summed E-state index contributed by atoms with van der Waals surface area (Å²) in [6.45, 7) is 11.2. The van der Waals surface area contributed by atoms with Crippen LogP contribution in [0.25, 0.3) is 0 Å². The zero-order valence-corrected chi connectivity index (χ0v) is 15.3. The van der Waals surface area contributed by atoms with Crippen LogP contribution in [0.2, 0.25) is 0 Å². The maximum absolute atomic E-state index is 13.1. The van der Waals surface area contributed by atoms with Crippen LogP contribution in [0.1, 0.15) is 41.5 Å². The van der Waals surface area contributed by atoms with Gasteiger partial charge in [-0.15, -0.1) is 0 Å². The molecule has 0 aromatic carbocycles. The smallest absolute Gasteiger partial charge is 0.187 e. The van der Waals surface area contributed by atoms with Crippen molar-refractivity contribution in [3.8, 4) is 0 Å². The van der Waals surface area contributed by atoms with Gasteiger partial charge in [-0.1, -0.05) is 44.9 Å². The van der Waals surface area contributed by atoms with E-state index in [1.54, 1.807) is 6.08 Å². The summed E-state index contributed by atoms with van der Waals surface area (Å²) in [6, 6.07) is 0. The van der Waals surface area contributed by atoms with Crippen LogP contribution in [0.4, 0.5) is 0 Å². The predicted octanol–water partition coefficient (Wildman–Crippen LogP) is 2.30. The molecule has 2 N–H and O–H groups in total. The quantitative estimate of drug-likeness (QED) is 0.761. The van der Waals surface area contributed by atoms with Crippen molar-refractivity contribution in [1.29, 1.82) is 0 Å². The Morgan fingerprint density at radius 3 is 2.00 bits per heavy atom. The van der Waals surface area contributed by atoms with Crippen LogP contribution in [-0.2, 0) is 9.59 Å². The van der Waals surface area contributed by atoms with Gasteiger partial charge in [0.2, 0.25) is 0 Å². The first-order valence-electron chi connectivity index (χ1n) is 8.88. The van der Waals surface area contributed by atoms with Gasteiger partial charge in [0.05, 0.1) is 0 Å². The Hall–Kier alpha value is -1.26. The van der Waals surface area contributed by atoms with Crippen molar-refractivity contribution >= 4 is 11.6 Å². The largest absolute Gasteiger partial charge is 0.382 e. The predicted molar refractivity (Wildman–Crippen MR) is 91.1 cm³/mol. The Balaban J connectivity index is 2.28. The highest BCUT2D eigenvalue weighted by molar-refractivity contribution is 6.01. The van der Waals surface area contributed by atoms with E-state index >= 15 is 0 Å². The molecule has 1 fully saturated rings. The number of Topliss-reactive ketones (excluding diaryl/α,β-unsaturated/α-hetero) is 1. The molecule has 4 rings (SSSR count). The lowest BCUT2D eigenvalue weighted by atomic mass is 9.45. The molecule has 2 unspecified atom stereocenters. The van der Waals surface area contributed by atoms with E-state index in [2.05, 4.69) is 13.8 Å². The van der Waals surface area contributed by atoms with Crippen molar-refractivity contribution in [3.63, 3.8) is 0 Å². The Morgan fingerprint density at radius 1 is 0.958 bits per heavy atom. The van der Waals surface area contributed by atoms with Gasteiger partial charge >= 0.3 is 0 Å². The third-order valence-electron chi connectivity index (χ3n) is 6.46. The minimum absolute atomic E-state index is 0.114. The molecule has 2 bridgehead atoms. The molecule has 0 aromatic rings. The molecular formula is C20H28O4. The minimum Gasteiger partial charge on any atom is -0.382 e. The fraction of sp³-hybridized carbons (Fsp3) is 0.700.